The van der Waals surface area contributed by atoms with Crippen molar-refractivity contribution in [2.75, 3.05) is 25.2 Å². The van der Waals surface area contributed by atoms with Gasteiger partial charge >= 0.3 is 12.1 Å². The van der Waals surface area contributed by atoms with Crippen LogP contribution in [0.2, 0.25) is 0 Å². The molecule has 0 aromatic heterocycles. The molecule has 0 bridgehead atoms. The summed E-state index contributed by atoms with van der Waals surface area (Å²) in [5.41, 5.74) is -0.168. The number of ether oxygens (including phenoxy) is 1. The number of hydrogen-bond donors (Lipinski definition) is 0. The van der Waals surface area contributed by atoms with E-state index in [0.717, 1.165) is 0 Å². The van der Waals surface area contributed by atoms with Crippen molar-refractivity contribution >= 4 is 23.4 Å². The second-order valence-electron chi connectivity index (χ2n) is 2.55. The highest BCUT2D eigenvalue weighted by Crippen LogP contribution is 2.21. The van der Waals surface area contributed by atoms with Gasteiger partial charge in [-0.3, -0.25) is 0 Å². The minimum Gasteiger partial charge on any atom is -0.461 e. The molecule has 0 aromatic rings. The third kappa shape index (κ3) is 7.38. The van der Waals surface area contributed by atoms with Crippen LogP contribution in [-0.4, -0.2) is 43.1 Å². The first-order valence-electron chi connectivity index (χ1n) is 4.32. The number of halogens is 3. The molecule has 0 heterocycles. The fourth-order valence-corrected chi connectivity index (χ4v) is 1.41. The number of rotatable bonds is 6. The first-order valence-corrected chi connectivity index (χ1v) is 5.47. The molecule has 0 aliphatic rings. The van der Waals surface area contributed by atoms with E-state index in [4.69, 9.17) is 0 Å². The van der Waals surface area contributed by atoms with E-state index >= 15 is 0 Å². The molecule has 0 aromatic carbocycles. The first-order chi connectivity index (χ1) is 7.40. The monoisotopic (exact) mass is 259 g/mol. The average Bonchev–Trinajstić information content (AvgIpc) is 2.15. The zero-order valence-corrected chi connectivity index (χ0v) is 9.65. The molecule has 4 nitrogen and oxygen atoms in total. The van der Waals surface area contributed by atoms with Gasteiger partial charge in [0.2, 0.25) is 0 Å². The lowest BCUT2D eigenvalue weighted by Gasteiger charge is -2.07. The number of nitrogens with zero attached hydrogens (tertiary/aromatic N) is 1. The standard InChI is InChI=1S/C8H12F3NO3S/c1-3-15-7(13)6(12-14-2)4-16-5-8(9,10)11/h3-5H2,1-2H3. The van der Waals surface area contributed by atoms with Gasteiger partial charge in [0.25, 0.3) is 0 Å². The molecule has 0 saturated heterocycles. The maximum Gasteiger partial charge on any atom is 0.397 e. The second kappa shape index (κ2) is 7.37. The van der Waals surface area contributed by atoms with Gasteiger partial charge in [-0.05, 0) is 6.92 Å². The van der Waals surface area contributed by atoms with Gasteiger partial charge in [-0.15, -0.1) is 11.8 Å². The van der Waals surface area contributed by atoms with Gasteiger partial charge in [-0.1, -0.05) is 5.16 Å². The van der Waals surface area contributed by atoms with E-state index in [1.807, 2.05) is 0 Å². The second-order valence-corrected chi connectivity index (χ2v) is 3.53. The van der Waals surface area contributed by atoms with Gasteiger partial charge in [0.15, 0.2) is 5.71 Å². The van der Waals surface area contributed by atoms with Gasteiger partial charge < -0.3 is 9.57 Å². The fraction of sp³-hybridized carbons (Fsp3) is 0.750. The van der Waals surface area contributed by atoms with Crippen LogP contribution in [0.5, 0.6) is 0 Å². The fourth-order valence-electron chi connectivity index (χ4n) is 0.711. The van der Waals surface area contributed by atoms with E-state index in [-0.39, 0.29) is 18.1 Å². The van der Waals surface area contributed by atoms with Gasteiger partial charge in [-0.25, -0.2) is 4.79 Å². The summed E-state index contributed by atoms with van der Waals surface area (Å²) < 4.78 is 40.1. The Hall–Kier alpha value is -0.920. The maximum atomic E-state index is 11.8. The number of hydrogen-bond acceptors (Lipinski definition) is 5. The van der Waals surface area contributed by atoms with Crippen LogP contribution < -0.4 is 0 Å². The molecular formula is C8H12F3NO3S. The van der Waals surface area contributed by atoms with Crippen LogP contribution in [0.4, 0.5) is 13.2 Å². The molecule has 0 amide bonds. The summed E-state index contributed by atoms with van der Waals surface area (Å²) in [6.07, 6.45) is -4.27. The van der Waals surface area contributed by atoms with Crippen molar-refractivity contribution in [3.8, 4) is 0 Å². The number of alkyl halides is 3. The number of esters is 1. The first kappa shape index (κ1) is 15.1. The van der Waals surface area contributed by atoms with Crippen LogP contribution in [0.25, 0.3) is 0 Å². The van der Waals surface area contributed by atoms with Crippen molar-refractivity contribution in [3.05, 3.63) is 0 Å². The minimum atomic E-state index is -4.27. The highest BCUT2D eigenvalue weighted by atomic mass is 32.2. The van der Waals surface area contributed by atoms with Crippen LogP contribution in [0.15, 0.2) is 5.16 Å². The molecule has 0 atom stereocenters. The Morgan fingerprint density at radius 3 is 2.50 bits per heavy atom. The number of carbonyl (C=O) groups excluding carboxylic acids is 1. The Morgan fingerprint density at radius 1 is 1.44 bits per heavy atom. The predicted octanol–water partition coefficient (Wildman–Crippen LogP) is 1.85. The molecule has 0 unspecified atom stereocenters. The van der Waals surface area contributed by atoms with Crippen LogP contribution >= 0.6 is 11.8 Å². The molecule has 0 spiro atoms. The van der Waals surface area contributed by atoms with E-state index in [2.05, 4.69) is 14.7 Å². The van der Waals surface area contributed by atoms with E-state index in [1.165, 1.54) is 7.11 Å². The average molecular weight is 259 g/mol. The highest BCUT2D eigenvalue weighted by Gasteiger charge is 2.27. The predicted molar refractivity (Wildman–Crippen MR) is 54.5 cm³/mol. The molecule has 0 saturated carbocycles. The van der Waals surface area contributed by atoms with Crippen molar-refractivity contribution in [2.45, 2.75) is 13.1 Å². The Morgan fingerprint density at radius 2 is 2.06 bits per heavy atom. The van der Waals surface area contributed by atoms with Crippen molar-refractivity contribution in [2.24, 2.45) is 5.16 Å². The molecule has 94 valence electrons. The molecule has 0 N–H and O–H groups in total. The zero-order chi connectivity index (χ0) is 12.6. The molecule has 0 fully saturated rings. The Bertz CT molecular complexity index is 255. The molecule has 8 heteroatoms. The van der Waals surface area contributed by atoms with Gasteiger partial charge in [0.05, 0.1) is 12.4 Å². The van der Waals surface area contributed by atoms with E-state index in [9.17, 15) is 18.0 Å². The molecule has 0 radical (unpaired) electrons. The summed E-state index contributed by atoms with van der Waals surface area (Å²) in [7, 11) is 1.20. The highest BCUT2D eigenvalue weighted by molar-refractivity contribution is 8.00. The summed E-state index contributed by atoms with van der Waals surface area (Å²) in [5.74, 6) is -2.01. The van der Waals surface area contributed by atoms with Crippen LogP contribution in [0, 0.1) is 0 Å². The Labute approximate surface area is 95.2 Å². The van der Waals surface area contributed by atoms with Crippen molar-refractivity contribution in [1.29, 1.82) is 0 Å². The summed E-state index contributed by atoms with van der Waals surface area (Å²) in [6, 6.07) is 0. The normalized spacial score (nSPS) is 12.4. The lowest BCUT2D eigenvalue weighted by Crippen LogP contribution is -2.22. The lowest BCUT2D eigenvalue weighted by atomic mass is 10.4. The lowest BCUT2D eigenvalue weighted by molar-refractivity contribution is -0.135. The van der Waals surface area contributed by atoms with Crippen molar-refractivity contribution < 1.29 is 27.5 Å². The summed E-state index contributed by atoms with van der Waals surface area (Å²) in [4.78, 5) is 15.5. The number of thioether (sulfide) groups is 1. The van der Waals surface area contributed by atoms with E-state index in [0.29, 0.717) is 11.8 Å². The Kier molecular flexibility index (Phi) is 6.95. The summed E-state index contributed by atoms with van der Waals surface area (Å²) in [5, 5.41) is 3.32. The molecule has 0 rings (SSSR count). The maximum absolute atomic E-state index is 11.8. The molecular weight excluding hydrogens is 247 g/mol. The number of oxime groups is 1. The third-order valence-corrected chi connectivity index (χ3v) is 2.23. The Balaban J connectivity index is 4.16. The van der Waals surface area contributed by atoms with Crippen LogP contribution in [-0.2, 0) is 14.4 Å². The van der Waals surface area contributed by atoms with Crippen LogP contribution in [0.3, 0.4) is 0 Å². The topological polar surface area (TPSA) is 47.9 Å². The van der Waals surface area contributed by atoms with Crippen molar-refractivity contribution in [3.63, 3.8) is 0 Å². The van der Waals surface area contributed by atoms with Crippen molar-refractivity contribution in [1.82, 2.24) is 0 Å². The zero-order valence-electron chi connectivity index (χ0n) is 8.84. The van der Waals surface area contributed by atoms with E-state index < -0.39 is 17.9 Å². The molecule has 0 aliphatic carbocycles. The summed E-state index contributed by atoms with van der Waals surface area (Å²) >= 11 is 0.526. The van der Waals surface area contributed by atoms with Gasteiger partial charge in [0.1, 0.15) is 7.11 Å². The van der Waals surface area contributed by atoms with Gasteiger partial charge in [0, 0.05) is 5.75 Å². The quantitative estimate of drug-likeness (QED) is 0.415. The van der Waals surface area contributed by atoms with Crippen LogP contribution in [0.1, 0.15) is 6.92 Å². The smallest absolute Gasteiger partial charge is 0.397 e. The molecule has 0 aliphatic heterocycles. The third-order valence-electron chi connectivity index (χ3n) is 1.22. The van der Waals surface area contributed by atoms with Gasteiger partial charge in [-0.2, -0.15) is 13.2 Å². The SMILES string of the molecule is CCOC(=O)C(CSCC(F)(F)F)=NOC. The largest absolute Gasteiger partial charge is 0.461 e. The minimum absolute atomic E-state index is 0.130. The van der Waals surface area contributed by atoms with E-state index in [1.54, 1.807) is 6.92 Å². The summed E-state index contributed by atoms with van der Waals surface area (Å²) in [6.45, 7) is 1.72. The molecule has 16 heavy (non-hydrogen) atoms. The number of carbonyl (C=O) groups is 1.